The lowest BCUT2D eigenvalue weighted by Gasteiger charge is -2.09. The minimum Gasteiger partial charge on any atom is -0.480 e. The number of methoxy groups -OCH3 is 2. The number of aromatic nitrogens is 1. The number of carbonyl (C=O) groups is 1. The Labute approximate surface area is 122 Å². The van der Waals surface area contributed by atoms with Crippen molar-refractivity contribution in [1.82, 2.24) is 4.98 Å². The van der Waals surface area contributed by atoms with Crippen molar-refractivity contribution < 1.29 is 14.3 Å². The zero-order valence-corrected chi connectivity index (χ0v) is 12.6. The highest BCUT2D eigenvalue weighted by atomic mass is 127. The number of fused-ring (bicyclic) bond motifs is 1. The highest BCUT2D eigenvalue weighted by molar-refractivity contribution is 14.1. The molecule has 0 aliphatic rings. The molecule has 0 amide bonds. The normalized spacial score (nSPS) is 10.4. The molecule has 94 valence electrons. The summed E-state index contributed by atoms with van der Waals surface area (Å²) in [6.07, 6.45) is 0. The molecule has 4 nitrogen and oxygen atoms in total. The number of carbonyl (C=O) groups excluding carboxylic acids is 1. The van der Waals surface area contributed by atoms with Crippen LogP contribution in [-0.2, 0) is 4.74 Å². The van der Waals surface area contributed by atoms with Crippen LogP contribution >= 0.6 is 34.2 Å². The lowest BCUT2D eigenvalue weighted by molar-refractivity contribution is 0.0596. The van der Waals surface area contributed by atoms with Crippen molar-refractivity contribution in [1.29, 1.82) is 0 Å². The van der Waals surface area contributed by atoms with Crippen LogP contribution in [0.2, 0.25) is 5.02 Å². The number of hydrogen-bond acceptors (Lipinski definition) is 4. The van der Waals surface area contributed by atoms with E-state index in [0.717, 1.165) is 14.5 Å². The van der Waals surface area contributed by atoms with Crippen molar-refractivity contribution in [3.05, 3.63) is 32.4 Å². The number of rotatable bonds is 2. The van der Waals surface area contributed by atoms with E-state index in [-0.39, 0.29) is 11.4 Å². The molecule has 0 bridgehead atoms. The van der Waals surface area contributed by atoms with Crippen molar-refractivity contribution in [2.75, 3.05) is 14.2 Å². The van der Waals surface area contributed by atoms with E-state index < -0.39 is 5.97 Å². The molecule has 2 aromatic rings. The molecule has 1 aromatic carbocycles. The number of halogens is 2. The molecule has 0 saturated heterocycles. The van der Waals surface area contributed by atoms with E-state index in [1.54, 1.807) is 18.2 Å². The van der Waals surface area contributed by atoms with Gasteiger partial charge in [-0.1, -0.05) is 11.6 Å². The van der Waals surface area contributed by atoms with Gasteiger partial charge >= 0.3 is 5.97 Å². The van der Waals surface area contributed by atoms with Gasteiger partial charge < -0.3 is 9.47 Å². The Kier molecular flexibility index (Phi) is 3.91. The summed E-state index contributed by atoms with van der Waals surface area (Å²) < 4.78 is 10.7. The van der Waals surface area contributed by atoms with Crippen LogP contribution in [0.5, 0.6) is 5.88 Å². The van der Waals surface area contributed by atoms with Crippen LogP contribution in [0, 0.1) is 3.57 Å². The monoisotopic (exact) mass is 377 g/mol. The summed E-state index contributed by atoms with van der Waals surface area (Å²) in [5, 5.41) is 1.36. The molecule has 2 rings (SSSR count). The van der Waals surface area contributed by atoms with Gasteiger partial charge in [0, 0.05) is 14.0 Å². The maximum atomic E-state index is 11.6. The largest absolute Gasteiger partial charge is 0.480 e. The van der Waals surface area contributed by atoms with E-state index in [1.165, 1.54) is 14.2 Å². The standard InChI is InChI=1S/C12H9ClINO3/c1-17-11-8(12(16)18-2)4-6-3-7(13)5-9(14)10(6)15-11/h3-5H,1-2H3. The summed E-state index contributed by atoms with van der Waals surface area (Å²) in [6, 6.07) is 5.22. The quantitative estimate of drug-likeness (QED) is 0.595. The molecule has 0 radical (unpaired) electrons. The van der Waals surface area contributed by atoms with Gasteiger partial charge in [-0.2, -0.15) is 0 Å². The number of benzene rings is 1. The van der Waals surface area contributed by atoms with Gasteiger partial charge in [-0.15, -0.1) is 0 Å². The minimum absolute atomic E-state index is 0.245. The highest BCUT2D eigenvalue weighted by Gasteiger charge is 2.16. The van der Waals surface area contributed by atoms with Crippen LogP contribution in [0.4, 0.5) is 0 Å². The van der Waals surface area contributed by atoms with Crippen molar-refractivity contribution in [2.24, 2.45) is 0 Å². The van der Waals surface area contributed by atoms with Gasteiger partial charge in [0.2, 0.25) is 5.88 Å². The second-order valence-electron chi connectivity index (χ2n) is 3.50. The van der Waals surface area contributed by atoms with Gasteiger partial charge in [-0.25, -0.2) is 9.78 Å². The summed E-state index contributed by atoms with van der Waals surface area (Å²) in [6.45, 7) is 0. The SMILES string of the molecule is COC(=O)c1cc2cc(Cl)cc(I)c2nc1OC. The van der Waals surface area contributed by atoms with Crippen molar-refractivity contribution in [3.63, 3.8) is 0 Å². The Hall–Kier alpha value is -1.08. The highest BCUT2D eigenvalue weighted by Crippen LogP contribution is 2.28. The third kappa shape index (κ3) is 2.37. The number of hydrogen-bond donors (Lipinski definition) is 0. The molecule has 6 heteroatoms. The van der Waals surface area contributed by atoms with E-state index in [1.807, 2.05) is 0 Å². The van der Waals surface area contributed by atoms with Gasteiger partial charge in [0.05, 0.1) is 19.7 Å². The molecule has 0 spiro atoms. The van der Waals surface area contributed by atoms with Gasteiger partial charge in [-0.05, 0) is 40.8 Å². The second kappa shape index (κ2) is 5.27. The van der Waals surface area contributed by atoms with Gasteiger partial charge in [0.15, 0.2) is 0 Å². The average molecular weight is 378 g/mol. The average Bonchev–Trinajstić information content (AvgIpc) is 2.36. The van der Waals surface area contributed by atoms with Crippen molar-refractivity contribution in [3.8, 4) is 5.88 Å². The van der Waals surface area contributed by atoms with Crippen LogP contribution in [0.3, 0.4) is 0 Å². The zero-order valence-electron chi connectivity index (χ0n) is 9.66. The van der Waals surface area contributed by atoms with E-state index in [4.69, 9.17) is 21.1 Å². The predicted molar refractivity (Wildman–Crippen MR) is 77.4 cm³/mol. The third-order valence-corrected chi connectivity index (χ3v) is 3.44. The summed E-state index contributed by atoms with van der Waals surface area (Å²) in [5.74, 6) is -0.245. The smallest absolute Gasteiger partial charge is 0.343 e. The first-order valence-corrected chi connectivity index (χ1v) is 6.44. The minimum atomic E-state index is -0.490. The van der Waals surface area contributed by atoms with E-state index in [9.17, 15) is 4.79 Å². The first-order valence-electron chi connectivity index (χ1n) is 4.99. The molecule has 1 aromatic heterocycles. The van der Waals surface area contributed by atoms with E-state index >= 15 is 0 Å². The Balaban J connectivity index is 2.77. The van der Waals surface area contributed by atoms with Crippen LogP contribution in [0.25, 0.3) is 10.9 Å². The van der Waals surface area contributed by atoms with Gasteiger partial charge in [0.25, 0.3) is 0 Å². The molecule has 0 unspecified atom stereocenters. The first kappa shape index (κ1) is 13.4. The van der Waals surface area contributed by atoms with Gasteiger partial charge in [0.1, 0.15) is 5.56 Å². The molecule has 1 heterocycles. The molecule has 18 heavy (non-hydrogen) atoms. The summed E-state index contributed by atoms with van der Waals surface area (Å²) in [7, 11) is 2.77. The summed E-state index contributed by atoms with van der Waals surface area (Å²) >= 11 is 8.12. The van der Waals surface area contributed by atoms with Crippen molar-refractivity contribution in [2.45, 2.75) is 0 Å². The Morgan fingerprint density at radius 1 is 1.33 bits per heavy atom. The van der Waals surface area contributed by atoms with E-state index in [2.05, 4.69) is 27.6 Å². The molecular formula is C12H9ClINO3. The molecule has 0 fully saturated rings. The topological polar surface area (TPSA) is 48.4 Å². The molecule has 0 N–H and O–H groups in total. The third-order valence-electron chi connectivity index (χ3n) is 2.40. The lowest BCUT2D eigenvalue weighted by Crippen LogP contribution is -2.06. The van der Waals surface area contributed by atoms with Crippen LogP contribution in [0.15, 0.2) is 18.2 Å². The van der Waals surface area contributed by atoms with Crippen LogP contribution < -0.4 is 4.74 Å². The Bertz CT molecular complexity index is 630. The zero-order chi connectivity index (χ0) is 13.3. The maximum absolute atomic E-state index is 11.6. The Morgan fingerprint density at radius 3 is 2.67 bits per heavy atom. The fourth-order valence-corrected chi connectivity index (χ4v) is 2.78. The molecule has 0 atom stereocenters. The number of pyridine rings is 1. The molecular weight excluding hydrogens is 368 g/mol. The van der Waals surface area contributed by atoms with Crippen LogP contribution in [0.1, 0.15) is 10.4 Å². The summed E-state index contributed by atoms with van der Waals surface area (Å²) in [5.41, 5.74) is 1.02. The molecule has 0 saturated carbocycles. The summed E-state index contributed by atoms with van der Waals surface area (Å²) in [4.78, 5) is 15.9. The van der Waals surface area contributed by atoms with Crippen LogP contribution in [-0.4, -0.2) is 25.2 Å². The van der Waals surface area contributed by atoms with Crippen molar-refractivity contribution >= 4 is 51.1 Å². The van der Waals surface area contributed by atoms with E-state index in [0.29, 0.717) is 5.02 Å². The predicted octanol–water partition coefficient (Wildman–Crippen LogP) is 3.29. The fraction of sp³-hybridized carbons (Fsp3) is 0.167. The Morgan fingerprint density at radius 2 is 2.06 bits per heavy atom. The molecule has 0 aliphatic carbocycles. The fourth-order valence-electron chi connectivity index (χ4n) is 1.60. The van der Waals surface area contributed by atoms with Gasteiger partial charge in [-0.3, -0.25) is 0 Å². The number of ether oxygens (including phenoxy) is 2. The maximum Gasteiger partial charge on any atom is 0.343 e. The second-order valence-corrected chi connectivity index (χ2v) is 5.09. The first-order chi connectivity index (χ1) is 8.56. The number of esters is 1. The molecule has 0 aliphatic heterocycles. The number of nitrogens with zero attached hydrogens (tertiary/aromatic N) is 1. The lowest BCUT2D eigenvalue weighted by atomic mass is 10.1.